The zero-order valence-electron chi connectivity index (χ0n) is 16.9. The number of hydrogen-bond acceptors (Lipinski definition) is 8. The van der Waals surface area contributed by atoms with Crippen molar-refractivity contribution in [2.75, 3.05) is 32.7 Å². The molecule has 1 aromatic carbocycles. The second-order valence-corrected chi connectivity index (χ2v) is 6.71. The molecule has 12 heteroatoms. The summed E-state index contributed by atoms with van der Waals surface area (Å²) in [5, 5.41) is 23.2. The Morgan fingerprint density at radius 2 is 1.63 bits per heavy atom. The third-order valence-corrected chi connectivity index (χ3v) is 4.35. The van der Waals surface area contributed by atoms with Crippen molar-refractivity contribution < 1.29 is 24.4 Å². The number of carbonyl (C=O) groups is 3. The highest BCUT2D eigenvalue weighted by Crippen LogP contribution is 2.01. The average molecular weight is 422 g/mol. The highest BCUT2D eigenvalue weighted by atomic mass is 16.4. The first-order valence-corrected chi connectivity index (χ1v) is 9.71. The zero-order chi connectivity index (χ0) is 22.5. The van der Waals surface area contributed by atoms with E-state index in [9.17, 15) is 14.4 Å². The van der Waals surface area contributed by atoms with E-state index >= 15 is 0 Å². The van der Waals surface area contributed by atoms with E-state index in [1.807, 2.05) is 0 Å². The van der Waals surface area contributed by atoms with Crippen molar-refractivity contribution in [1.82, 2.24) is 15.5 Å². The SMILES string of the molecule is NCCN(CCN)C(=O)CCC(N)C(=O)NCC(=O)NCc1ccc(B(O)O)cc1. The maximum absolute atomic E-state index is 12.1. The molecule has 0 aliphatic heterocycles. The van der Waals surface area contributed by atoms with Gasteiger partial charge in [0, 0.05) is 39.1 Å². The molecule has 0 saturated carbocycles. The van der Waals surface area contributed by atoms with Gasteiger partial charge in [-0.25, -0.2) is 0 Å². The molecule has 0 spiro atoms. The summed E-state index contributed by atoms with van der Waals surface area (Å²) in [6.45, 7) is 1.39. The molecule has 1 rings (SSSR count). The van der Waals surface area contributed by atoms with Crippen LogP contribution in [0, 0.1) is 0 Å². The molecule has 11 nitrogen and oxygen atoms in total. The summed E-state index contributed by atoms with van der Waals surface area (Å²) < 4.78 is 0. The van der Waals surface area contributed by atoms with Gasteiger partial charge in [-0.1, -0.05) is 24.3 Å². The molecule has 0 saturated heterocycles. The van der Waals surface area contributed by atoms with Crippen LogP contribution in [0.2, 0.25) is 0 Å². The lowest BCUT2D eigenvalue weighted by atomic mass is 9.80. The van der Waals surface area contributed by atoms with Crippen molar-refractivity contribution in [2.45, 2.75) is 25.4 Å². The smallest absolute Gasteiger partial charge is 0.423 e. The van der Waals surface area contributed by atoms with E-state index in [2.05, 4.69) is 10.6 Å². The predicted molar refractivity (Wildman–Crippen MR) is 113 cm³/mol. The van der Waals surface area contributed by atoms with Crippen molar-refractivity contribution in [2.24, 2.45) is 17.2 Å². The van der Waals surface area contributed by atoms with Gasteiger partial charge in [-0.2, -0.15) is 0 Å². The average Bonchev–Trinajstić information content (AvgIpc) is 2.74. The summed E-state index contributed by atoms with van der Waals surface area (Å²) in [5.74, 6) is -1.11. The highest BCUT2D eigenvalue weighted by molar-refractivity contribution is 6.58. The maximum atomic E-state index is 12.1. The summed E-state index contributed by atoms with van der Waals surface area (Å²) in [7, 11) is -1.55. The van der Waals surface area contributed by atoms with Gasteiger partial charge in [-0.3, -0.25) is 14.4 Å². The van der Waals surface area contributed by atoms with Crippen LogP contribution in [0.15, 0.2) is 24.3 Å². The summed E-state index contributed by atoms with van der Waals surface area (Å²) in [4.78, 5) is 37.6. The molecular formula is C18H31BN6O5. The zero-order valence-corrected chi connectivity index (χ0v) is 16.9. The maximum Gasteiger partial charge on any atom is 0.488 e. The molecule has 10 N–H and O–H groups in total. The van der Waals surface area contributed by atoms with E-state index in [0.717, 1.165) is 5.56 Å². The van der Waals surface area contributed by atoms with Gasteiger partial charge in [0.05, 0.1) is 12.6 Å². The Labute approximate surface area is 176 Å². The van der Waals surface area contributed by atoms with Crippen molar-refractivity contribution in [3.63, 3.8) is 0 Å². The van der Waals surface area contributed by atoms with E-state index in [1.54, 1.807) is 12.1 Å². The first-order valence-electron chi connectivity index (χ1n) is 9.71. The van der Waals surface area contributed by atoms with Crippen LogP contribution in [0.5, 0.6) is 0 Å². The molecule has 166 valence electrons. The fraction of sp³-hybridized carbons (Fsp3) is 0.500. The number of nitrogens with one attached hydrogen (secondary N) is 2. The van der Waals surface area contributed by atoms with E-state index in [4.69, 9.17) is 27.2 Å². The minimum atomic E-state index is -1.55. The van der Waals surface area contributed by atoms with Gasteiger partial charge in [-0.15, -0.1) is 0 Å². The molecule has 30 heavy (non-hydrogen) atoms. The number of nitrogens with zero attached hydrogens (tertiary/aromatic N) is 1. The Balaban J connectivity index is 2.32. The number of amides is 3. The lowest BCUT2D eigenvalue weighted by Crippen LogP contribution is -2.45. The fourth-order valence-electron chi connectivity index (χ4n) is 2.61. The van der Waals surface area contributed by atoms with Crippen LogP contribution in [-0.2, 0) is 20.9 Å². The summed E-state index contributed by atoms with van der Waals surface area (Å²) in [6, 6.07) is 5.46. The molecule has 1 unspecified atom stereocenters. The number of nitrogens with two attached hydrogens (primary N) is 3. The van der Waals surface area contributed by atoms with Gasteiger partial charge in [0.15, 0.2) is 0 Å². The Morgan fingerprint density at radius 3 is 2.17 bits per heavy atom. The van der Waals surface area contributed by atoms with E-state index in [-0.39, 0.29) is 31.8 Å². The predicted octanol–water partition coefficient (Wildman–Crippen LogP) is -4.05. The van der Waals surface area contributed by atoms with Crippen LogP contribution >= 0.6 is 0 Å². The van der Waals surface area contributed by atoms with E-state index in [0.29, 0.717) is 31.6 Å². The van der Waals surface area contributed by atoms with E-state index in [1.165, 1.54) is 17.0 Å². The molecule has 0 aliphatic rings. The Hall–Kier alpha value is -2.51. The highest BCUT2D eigenvalue weighted by Gasteiger charge is 2.18. The van der Waals surface area contributed by atoms with E-state index < -0.39 is 25.0 Å². The monoisotopic (exact) mass is 422 g/mol. The Morgan fingerprint density at radius 1 is 1.03 bits per heavy atom. The van der Waals surface area contributed by atoms with Gasteiger partial charge in [-0.05, 0) is 17.4 Å². The first-order chi connectivity index (χ1) is 14.3. The molecule has 1 aromatic rings. The molecule has 0 fully saturated rings. The number of carbonyl (C=O) groups excluding carboxylic acids is 3. The van der Waals surface area contributed by atoms with Gasteiger partial charge in [0.25, 0.3) is 0 Å². The second-order valence-electron chi connectivity index (χ2n) is 6.71. The summed E-state index contributed by atoms with van der Waals surface area (Å²) in [6.07, 6.45) is 0.223. The number of hydrogen-bond donors (Lipinski definition) is 7. The topological polar surface area (TPSA) is 197 Å². The minimum Gasteiger partial charge on any atom is -0.423 e. The van der Waals surface area contributed by atoms with Crippen molar-refractivity contribution in [3.05, 3.63) is 29.8 Å². The van der Waals surface area contributed by atoms with Crippen LogP contribution in [0.1, 0.15) is 18.4 Å². The van der Waals surface area contributed by atoms with Crippen LogP contribution in [0.25, 0.3) is 0 Å². The molecule has 0 aromatic heterocycles. The third-order valence-electron chi connectivity index (χ3n) is 4.35. The van der Waals surface area contributed by atoms with Crippen molar-refractivity contribution >= 4 is 30.3 Å². The van der Waals surface area contributed by atoms with Crippen LogP contribution in [0.3, 0.4) is 0 Å². The molecule has 0 heterocycles. The Bertz CT molecular complexity index is 682. The van der Waals surface area contributed by atoms with Crippen LogP contribution < -0.4 is 33.3 Å². The number of rotatable bonds is 13. The third kappa shape index (κ3) is 9.33. The van der Waals surface area contributed by atoms with Crippen molar-refractivity contribution in [1.29, 1.82) is 0 Å². The molecular weight excluding hydrogens is 391 g/mol. The molecule has 3 amide bonds. The van der Waals surface area contributed by atoms with Gasteiger partial charge < -0.3 is 42.8 Å². The Kier molecular flexibility index (Phi) is 11.6. The first kappa shape index (κ1) is 25.5. The molecule has 0 radical (unpaired) electrons. The molecule has 1 atom stereocenters. The normalized spacial score (nSPS) is 11.5. The number of benzene rings is 1. The lowest BCUT2D eigenvalue weighted by molar-refractivity contribution is -0.131. The summed E-state index contributed by atoms with van der Waals surface area (Å²) >= 11 is 0. The second kappa shape index (κ2) is 13.7. The van der Waals surface area contributed by atoms with Crippen molar-refractivity contribution in [3.8, 4) is 0 Å². The lowest BCUT2D eigenvalue weighted by Gasteiger charge is -2.22. The molecule has 0 bridgehead atoms. The quantitative estimate of drug-likeness (QED) is 0.156. The van der Waals surface area contributed by atoms with Gasteiger partial charge in [0.1, 0.15) is 0 Å². The van der Waals surface area contributed by atoms with Gasteiger partial charge >= 0.3 is 7.12 Å². The largest absolute Gasteiger partial charge is 0.488 e. The van der Waals surface area contributed by atoms with Gasteiger partial charge in [0.2, 0.25) is 17.7 Å². The minimum absolute atomic E-state index is 0.0827. The summed E-state index contributed by atoms with van der Waals surface area (Å²) in [5.41, 5.74) is 17.8. The standard InChI is InChI=1S/C18H31BN6O5/c20-7-9-25(10-8-21)17(27)6-5-15(22)18(28)24-12-16(26)23-11-13-1-3-14(4-2-13)19(29)30/h1-4,15,29-30H,5-12,20-22H2,(H,23,26)(H,24,28). The van der Waals surface area contributed by atoms with Crippen LogP contribution in [-0.4, -0.2) is 78.6 Å². The fourth-order valence-corrected chi connectivity index (χ4v) is 2.61. The van der Waals surface area contributed by atoms with Crippen LogP contribution in [0.4, 0.5) is 0 Å². The molecule has 0 aliphatic carbocycles.